The Labute approximate surface area is 207 Å². The smallest absolute Gasteiger partial charge is 0.408 e. The molecule has 0 saturated carbocycles. The van der Waals surface area contributed by atoms with Crippen molar-refractivity contribution in [2.45, 2.75) is 72.7 Å². The highest BCUT2D eigenvalue weighted by Crippen LogP contribution is 2.51. The zero-order valence-electron chi connectivity index (χ0n) is 21.9. The number of carbonyl (C=O) groups is 2. The minimum Gasteiger partial charge on any atom is -0.467 e. The molecule has 0 fully saturated rings. The second-order valence-electron chi connectivity index (χ2n) is 9.25. The van der Waals surface area contributed by atoms with Gasteiger partial charge in [0, 0.05) is 17.5 Å². The van der Waals surface area contributed by atoms with Crippen LogP contribution in [0.15, 0.2) is 18.2 Å². The largest absolute Gasteiger partial charge is 0.467 e. The van der Waals surface area contributed by atoms with E-state index < -0.39 is 31.3 Å². The summed E-state index contributed by atoms with van der Waals surface area (Å²) < 4.78 is 34.6. The molecule has 0 radical (unpaired) electrons. The van der Waals surface area contributed by atoms with Crippen LogP contribution in [0, 0.1) is 13.8 Å². The summed E-state index contributed by atoms with van der Waals surface area (Å²) >= 11 is 0. The number of nitrogens with one attached hydrogen (secondary N) is 1. The van der Waals surface area contributed by atoms with Gasteiger partial charge in [0.2, 0.25) is 0 Å². The highest BCUT2D eigenvalue weighted by Gasteiger charge is 2.30. The van der Waals surface area contributed by atoms with Gasteiger partial charge in [-0.2, -0.15) is 0 Å². The van der Waals surface area contributed by atoms with Gasteiger partial charge in [-0.1, -0.05) is 0 Å². The van der Waals surface area contributed by atoms with E-state index >= 15 is 0 Å². The minimum atomic E-state index is -3.47. The molecule has 1 heterocycles. The van der Waals surface area contributed by atoms with Crippen LogP contribution in [0.3, 0.4) is 0 Å². The third-order valence-electron chi connectivity index (χ3n) is 5.19. The lowest BCUT2D eigenvalue weighted by Gasteiger charge is -2.23. The molecular formula is C25H37N2O7P. The summed E-state index contributed by atoms with van der Waals surface area (Å²) in [5.74, 6) is -0.651. The Balaban J connectivity index is 2.55. The Bertz CT molecular complexity index is 1100. The highest BCUT2D eigenvalue weighted by atomic mass is 31.2. The summed E-state index contributed by atoms with van der Waals surface area (Å²) in [6.45, 7) is 13.1. The standard InChI is InChI=1S/C25H37N2O7P/c1-9-32-35(30,33-10-2)15-19-13-18-11-16(3)17(4)12-20(18)26-21(19)14-22(23(28)31-8)27-24(29)34-25(5,6)7/h11-13,22H,9-10,14-15H2,1-8H3,(H,27,29)/t22-/m1/s1. The second-order valence-corrected chi connectivity index (χ2v) is 11.3. The van der Waals surface area contributed by atoms with Gasteiger partial charge in [0.25, 0.3) is 0 Å². The number of ether oxygens (including phenoxy) is 2. The van der Waals surface area contributed by atoms with Crippen LogP contribution in [0.25, 0.3) is 10.9 Å². The van der Waals surface area contributed by atoms with Crippen LogP contribution in [0.4, 0.5) is 4.79 Å². The van der Waals surface area contributed by atoms with E-state index in [0.29, 0.717) is 11.3 Å². The Morgan fingerprint density at radius 3 is 2.20 bits per heavy atom. The number of aryl methyl sites for hydroxylation is 2. The molecule has 1 atom stereocenters. The molecule has 1 aromatic carbocycles. The number of aromatic nitrogens is 1. The van der Waals surface area contributed by atoms with Gasteiger partial charge in [-0.25, -0.2) is 9.59 Å². The Morgan fingerprint density at radius 2 is 1.66 bits per heavy atom. The second kappa shape index (κ2) is 12.0. The summed E-state index contributed by atoms with van der Waals surface area (Å²) in [6.07, 6.45) is -0.779. The Hall–Kier alpha value is -2.48. The number of hydrogen-bond donors (Lipinski definition) is 1. The molecule has 2 aromatic rings. The van der Waals surface area contributed by atoms with Crippen LogP contribution in [0.5, 0.6) is 0 Å². The van der Waals surface area contributed by atoms with Gasteiger partial charge in [0.15, 0.2) is 0 Å². The fourth-order valence-electron chi connectivity index (χ4n) is 3.55. The van der Waals surface area contributed by atoms with Crippen molar-refractivity contribution in [2.24, 2.45) is 0 Å². The maximum atomic E-state index is 13.3. The summed E-state index contributed by atoms with van der Waals surface area (Å²) in [6, 6.07) is 4.78. The molecule has 1 N–H and O–H groups in total. The first-order valence-corrected chi connectivity index (χ1v) is 13.4. The van der Waals surface area contributed by atoms with Gasteiger partial charge in [0.1, 0.15) is 11.6 Å². The van der Waals surface area contributed by atoms with Crippen molar-refractivity contribution >= 4 is 30.6 Å². The molecule has 0 aliphatic heterocycles. The van der Waals surface area contributed by atoms with E-state index in [0.717, 1.165) is 22.0 Å². The lowest BCUT2D eigenvalue weighted by Crippen LogP contribution is -2.45. The van der Waals surface area contributed by atoms with Crippen molar-refractivity contribution in [2.75, 3.05) is 20.3 Å². The molecule has 1 amide bonds. The number of fused-ring (bicyclic) bond motifs is 1. The van der Waals surface area contributed by atoms with E-state index in [-0.39, 0.29) is 25.8 Å². The van der Waals surface area contributed by atoms with Crippen LogP contribution < -0.4 is 5.32 Å². The summed E-state index contributed by atoms with van der Waals surface area (Å²) in [5, 5.41) is 3.44. The first-order valence-electron chi connectivity index (χ1n) is 11.7. The van der Waals surface area contributed by atoms with E-state index in [1.165, 1.54) is 7.11 Å². The zero-order valence-corrected chi connectivity index (χ0v) is 22.8. The molecule has 0 aliphatic carbocycles. The maximum Gasteiger partial charge on any atom is 0.408 e. The van der Waals surface area contributed by atoms with E-state index in [1.807, 2.05) is 32.0 Å². The predicted octanol–water partition coefficient (Wildman–Crippen LogP) is 5.23. The molecule has 194 valence electrons. The molecule has 9 nitrogen and oxygen atoms in total. The molecule has 2 rings (SSSR count). The lowest BCUT2D eigenvalue weighted by molar-refractivity contribution is -0.143. The molecule has 35 heavy (non-hydrogen) atoms. The van der Waals surface area contributed by atoms with E-state index in [2.05, 4.69) is 5.32 Å². The summed E-state index contributed by atoms with van der Waals surface area (Å²) in [4.78, 5) is 29.8. The van der Waals surface area contributed by atoms with E-state index in [1.54, 1.807) is 34.6 Å². The predicted molar refractivity (Wildman–Crippen MR) is 135 cm³/mol. The number of pyridine rings is 1. The molecule has 0 aliphatic rings. The van der Waals surface area contributed by atoms with Crippen molar-refractivity contribution in [3.8, 4) is 0 Å². The summed E-state index contributed by atoms with van der Waals surface area (Å²) in [7, 11) is -2.22. The van der Waals surface area contributed by atoms with Crippen LogP contribution in [0.2, 0.25) is 0 Å². The van der Waals surface area contributed by atoms with Crippen LogP contribution in [-0.2, 0) is 40.5 Å². The van der Waals surface area contributed by atoms with Crippen LogP contribution in [0.1, 0.15) is 57.0 Å². The third-order valence-corrected chi connectivity index (χ3v) is 7.22. The number of nitrogens with zero attached hydrogens (tertiary/aromatic N) is 1. The summed E-state index contributed by atoms with van der Waals surface area (Å²) in [5.41, 5.74) is 3.21. The normalized spacial score (nSPS) is 12.9. The number of carbonyl (C=O) groups excluding carboxylic acids is 2. The van der Waals surface area contributed by atoms with Gasteiger partial charge in [0.05, 0.1) is 32.0 Å². The number of benzene rings is 1. The number of rotatable bonds is 10. The number of esters is 1. The zero-order chi connectivity index (χ0) is 26.4. The van der Waals surface area contributed by atoms with Crippen molar-refractivity contribution in [3.63, 3.8) is 0 Å². The van der Waals surface area contributed by atoms with Crippen molar-refractivity contribution < 1.29 is 32.7 Å². The van der Waals surface area contributed by atoms with Gasteiger partial charge in [-0.15, -0.1) is 0 Å². The fourth-order valence-corrected chi connectivity index (χ4v) is 5.28. The monoisotopic (exact) mass is 508 g/mol. The number of alkyl carbamates (subject to hydrolysis) is 1. The Morgan fingerprint density at radius 1 is 1.06 bits per heavy atom. The minimum absolute atomic E-state index is 0.00234. The lowest BCUT2D eigenvalue weighted by atomic mass is 10.0. The highest BCUT2D eigenvalue weighted by molar-refractivity contribution is 7.53. The molecule has 0 spiro atoms. The van der Waals surface area contributed by atoms with Gasteiger partial charge in [-0.05, 0) is 83.4 Å². The van der Waals surface area contributed by atoms with Gasteiger partial charge >= 0.3 is 19.7 Å². The van der Waals surface area contributed by atoms with E-state index in [9.17, 15) is 14.2 Å². The SMILES string of the molecule is CCOP(=O)(Cc1cc2cc(C)c(C)cc2nc1C[C@@H](NC(=O)OC(C)(C)C)C(=O)OC)OCC. The molecule has 1 aromatic heterocycles. The van der Waals surface area contributed by atoms with Crippen LogP contribution >= 0.6 is 7.60 Å². The van der Waals surface area contributed by atoms with Gasteiger partial charge < -0.3 is 23.8 Å². The van der Waals surface area contributed by atoms with Gasteiger partial charge in [-0.3, -0.25) is 9.55 Å². The van der Waals surface area contributed by atoms with Crippen molar-refractivity contribution in [1.82, 2.24) is 10.3 Å². The maximum absolute atomic E-state index is 13.3. The molecule has 0 saturated heterocycles. The molecule has 0 unspecified atom stereocenters. The third kappa shape index (κ3) is 8.30. The van der Waals surface area contributed by atoms with E-state index in [4.69, 9.17) is 23.5 Å². The number of amides is 1. The van der Waals surface area contributed by atoms with Crippen molar-refractivity contribution in [1.29, 1.82) is 0 Å². The van der Waals surface area contributed by atoms with Crippen molar-refractivity contribution in [3.05, 3.63) is 40.6 Å². The molecule has 10 heteroatoms. The quantitative estimate of drug-likeness (QED) is 0.343. The first-order chi connectivity index (χ1) is 16.3. The average Bonchev–Trinajstić information content (AvgIpc) is 2.73. The molecular weight excluding hydrogens is 471 g/mol. The fraction of sp³-hybridized carbons (Fsp3) is 0.560. The number of hydrogen-bond acceptors (Lipinski definition) is 8. The Kier molecular flexibility index (Phi) is 9.84. The first kappa shape index (κ1) is 28.8. The van der Waals surface area contributed by atoms with Crippen LogP contribution in [-0.4, -0.2) is 49.0 Å². The number of methoxy groups -OCH3 is 1. The molecule has 0 bridgehead atoms. The average molecular weight is 509 g/mol. The topological polar surface area (TPSA) is 113 Å².